The molecule has 1 unspecified atom stereocenters. The second kappa shape index (κ2) is 6.95. The normalized spacial score (nSPS) is 12.8. The van der Waals surface area contributed by atoms with Crippen molar-refractivity contribution >= 4 is 11.6 Å². The molecule has 0 aliphatic rings. The predicted octanol–water partition coefficient (Wildman–Crippen LogP) is 0.705. The van der Waals surface area contributed by atoms with E-state index in [1.807, 2.05) is 27.7 Å². The van der Waals surface area contributed by atoms with E-state index in [4.69, 9.17) is 5.11 Å². The first-order valence-electron chi connectivity index (χ1n) is 7.81. The summed E-state index contributed by atoms with van der Waals surface area (Å²) >= 11 is 0. The third-order valence-electron chi connectivity index (χ3n) is 4.13. The highest BCUT2D eigenvalue weighted by atomic mass is 16.3. The van der Waals surface area contributed by atoms with Gasteiger partial charge in [-0.15, -0.1) is 0 Å². The highest BCUT2D eigenvalue weighted by Crippen LogP contribution is 2.14. The molecule has 0 saturated carbocycles. The van der Waals surface area contributed by atoms with Crippen molar-refractivity contribution in [3.05, 3.63) is 33.4 Å². The van der Waals surface area contributed by atoms with E-state index in [-0.39, 0.29) is 36.5 Å². The number of aryl methyl sites for hydroxylation is 2. The average Bonchev–Trinajstić information content (AvgIpc) is 2.83. The Morgan fingerprint density at radius 3 is 2.74 bits per heavy atom. The molecule has 1 atom stereocenters. The second-order valence-electron chi connectivity index (χ2n) is 6.18. The standard InChI is InChI=1S/C16H24N4O3/c1-9(2)13(5-6-21)18-15(22)7-12-10(3)17-14-8-16(23)19-20(14)11(12)4/h8-9,13,21H,5-7H2,1-4H3,(H,18,22)(H,19,23). The summed E-state index contributed by atoms with van der Waals surface area (Å²) in [7, 11) is 0. The average molecular weight is 320 g/mol. The van der Waals surface area contributed by atoms with Gasteiger partial charge in [0.2, 0.25) is 5.91 Å². The number of fused-ring (bicyclic) bond motifs is 1. The second-order valence-corrected chi connectivity index (χ2v) is 6.18. The van der Waals surface area contributed by atoms with Crippen LogP contribution in [-0.2, 0) is 11.2 Å². The van der Waals surface area contributed by atoms with E-state index in [2.05, 4.69) is 15.4 Å². The molecule has 2 aromatic heterocycles. The number of rotatable bonds is 6. The van der Waals surface area contributed by atoms with Gasteiger partial charge in [0.25, 0.3) is 5.56 Å². The monoisotopic (exact) mass is 320 g/mol. The molecule has 0 radical (unpaired) electrons. The SMILES string of the molecule is Cc1nc2cc(=O)[nH]n2c(C)c1CC(=O)NC(CCO)C(C)C. The fourth-order valence-corrected chi connectivity index (χ4v) is 2.74. The van der Waals surface area contributed by atoms with E-state index in [9.17, 15) is 9.59 Å². The van der Waals surface area contributed by atoms with Gasteiger partial charge in [-0.3, -0.25) is 14.7 Å². The van der Waals surface area contributed by atoms with Crippen LogP contribution in [0.3, 0.4) is 0 Å². The van der Waals surface area contributed by atoms with Gasteiger partial charge in [-0.05, 0) is 26.2 Å². The fourth-order valence-electron chi connectivity index (χ4n) is 2.74. The Hall–Kier alpha value is -2.15. The molecule has 0 aliphatic carbocycles. The van der Waals surface area contributed by atoms with Gasteiger partial charge in [0.1, 0.15) is 0 Å². The molecule has 23 heavy (non-hydrogen) atoms. The number of hydrogen-bond acceptors (Lipinski definition) is 4. The number of hydrogen-bond donors (Lipinski definition) is 3. The van der Waals surface area contributed by atoms with Crippen LogP contribution < -0.4 is 10.9 Å². The zero-order chi connectivity index (χ0) is 17.1. The van der Waals surface area contributed by atoms with E-state index in [1.165, 1.54) is 6.07 Å². The van der Waals surface area contributed by atoms with E-state index < -0.39 is 0 Å². The lowest BCUT2D eigenvalue weighted by molar-refractivity contribution is -0.121. The predicted molar refractivity (Wildman–Crippen MR) is 87.5 cm³/mol. The molecular formula is C16H24N4O3. The Balaban J connectivity index is 2.24. The summed E-state index contributed by atoms with van der Waals surface area (Å²) in [5.74, 6) is 0.133. The number of amides is 1. The Morgan fingerprint density at radius 2 is 2.13 bits per heavy atom. The molecule has 0 fully saturated rings. The molecular weight excluding hydrogens is 296 g/mol. The molecule has 0 aliphatic heterocycles. The minimum absolute atomic E-state index is 0.0410. The molecule has 0 spiro atoms. The summed E-state index contributed by atoms with van der Waals surface area (Å²) < 4.78 is 1.60. The van der Waals surface area contributed by atoms with Gasteiger partial charge in [-0.25, -0.2) is 9.50 Å². The van der Waals surface area contributed by atoms with Crippen molar-refractivity contribution in [1.82, 2.24) is 19.9 Å². The molecule has 2 heterocycles. The van der Waals surface area contributed by atoms with E-state index in [1.54, 1.807) is 4.52 Å². The van der Waals surface area contributed by atoms with Gasteiger partial charge in [0.05, 0.1) is 6.42 Å². The molecule has 7 heteroatoms. The summed E-state index contributed by atoms with van der Waals surface area (Å²) in [5, 5.41) is 14.7. The number of aromatic nitrogens is 3. The molecule has 3 N–H and O–H groups in total. The quantitative estimate of drug-likeness (QED) is 0.729. The Bertz CT molecular complexity index is 761. The van der Waals surface area contributed by atoms with Gasteiger partial charge >= 0.3 is 0 Å². The van der Waals surface area contributed by atoms with Crippen molar-refractivity contribution in [2.45, 2.75) is 46.6 Å². The summed E-state index contributed by atoms with van der Waals surface area (Å²) in [6.07, 6.45) is 0.721. The van der Waals surface area contributed by atoms with E-state index in [0.29, 0.717) is 12.1 Å². The molecule has 7 nitrogen and oxygen atoms in total. The molecule has 126 valence electrons. The number of carbonyl (C=O) groups is 1. The van der Waals surface area contributed by atoms with E-state index >= 15 is 0 Å². The van der Waals surface area contributed by atoms with Crippen molar-refractivity contribution in [2.24, 2.45) is 5.92 Å². The smallest absolute Gasteiger partial charge is 0.266 e. The Labute approximate surface area is 134 Å². The van der Waals surface area contributed by atoms with Crippen molar-refractivity contribution in [3.8, 4) is 0 Å². The lowest BCUT2D eigenvalue weighted by atomic mass is 10.0. The van der Waals surface area contributed by atoms with Crippen LogP contribution >= 0.6 is 0 Å². The summed E-state index contributed by atoms with van der Waals surface area (Å²) in [6, 6.07) is 1.37. The van der Waals surface area contributed by atoms with Crippen molar-refractivity contribution in [3.63, 3.8) is 0 Å². The lowest BCUT2D eigenvalue weighted by Crippen LogP contribution is -2.40. The van der Waals surface area contributed by atoms with Crippen molar-refractivity contribution in [1.29, 1.82) is 0 Å². The summed E-state index contributed by atoms with van der Waals surface area (Å²) in [5.41, 5.74) is 2.67. The zero-order valence-corrected chi connectivity index (χ0v) is 14.0. The van der Waals surface area contributed by atoms with Crippen LogP contribution in [0.5, 0.6) is 0 Å². The van der Waals surface area contributed by atoms with E-state index in [0.717, 1.165) is 17.0 Å². The van der Waals surface area contributed by atoms with Crippen molar-refractivity contribution < 1.29 is 9.90 Å². The first-order valence-corrected chi connectivity index (χ1v) is 7.81. The molecule has 2 aromatic rings. The van der Waals surface area contributed by atoms with Crippen LogP contribution in [-0.4, -0.2) is 38.3 Å². The van der Waals surface area contributed by atoms with Crippen LogP contribution in [0.25, 0.3) is 5.65 Å². The topological polar surface area (TPSA) is 99.5 Å². The number of H-pyrrole nitrogens is 1. The molecule has 1 amide bonds. The summed E-state index contributed by atoms with van der Waals surface area (Å²) in [6.45, 7) is 7.75. The zero-order valence-electron chi connectivity index (χ0n) is 14.0. The number of aliphatic hydroxyl groups is 1. The van der Waals surface area contributed by atoms with Gasteiger partial charge in [-0.2, -0.15) is 0 Å². The first-order chi connectivity index (χ1) is 10.8. The largest absolute Gasteiger partial charge is 0.396 e. The Morgan fingerprint density at radius 1 is 1.43 bits per heavy atom. The van der Waals surface area contributed by atoms with Gasteiger partial charge in [0.15, 0.2) is 5.65 Å². The van der Waals surface area contributed by atoms with Crippen molar-refractivity contribution in [2.75, 3.05) is 6.61 Å². The maximum absolute atomic E-state index is 12.3. The van der Waals surface area contributed by atoms with Gasteiger partial charge in [-0.1, -0.05) is 13.8 Å². The van der Waals surface area contributed by atoms with Crippen LogP contribution in [0.15, 0.2) is 10.9 Å². The molecule has 0 aromatic carbocycles. The van der Waals surface area contributed by atoms with Crippen LogP contribution in [0.1, 0.15) is 37.2 Å². The van der Waals surface area contributed by atoms with Crippen LogP contribution in [0, 0.1) is 19.8 Å². The third-order valence-corrected chi connectivity index (χ3v) is 4.13. The number of nitrogens with one attached hydrogen (secondary N) is 2. The first kappa shape index (κ1) is 17.2. The minimum atomic E-state index is -0.218. The number of aliphatic hydroxyl groups excluding tert-OH is 1. The third kappa shape index (κ3) is 3.79. The highest BCUT2D eigenvalue weighted by molar-refractivity contribution is 5.79. The minimum Gasteiger partial charge on any atom is -0.396 e. The number of carbonyl (C=O) groups excluding carboxylic acids is 1. The van der Waals surface area contributed by atoms with Crippen LogP contribution in [0.2, 0.25) is 0 Å². The molecule has 2 rings (SSSR count). The van der Waals surface area contributed by atoms with Gasteiger partial charge < -0.3 is 10.4 Å². The van der Waals surface area contributed by atoms with Gasteiger partial charge in [0, 0.05) is 35.7 Å². The fraction of sp³-hybridized carbons (Fsp3) is 0.562. The molecule has 0 bridgehead atoms. The number of nitrogens with zero attached hydrogens (tertiary/aromatic N) is 2. The lowest BCUT2D eigenvalue weighted by Gasteiger charge is -2.22. The molecule has 0 saturated heterocycles. The highest BCUT2D eigenvalue weighted by Gasteiger charge is 2.18. The van der Waals surface area contributed by atoms with Crippen LogP contribution in [0.4, 0.5) is 0 Å². The number of aromatic amines is 1. The maximum atomic E-state index is 12.3. The Kier molecular flexibility index (Phi) is 5.20. The summed E-state index contributed by atoms with van der Waals surface area (Å²) in [4.78, 5) is 28.2. The maximum Gasteiger partial charge on any atom is 0.266 e.